The van der Waals surface area contributed by atoms with Gasteiger partial charge in [-0.05, 0) is 32.9 Å². The van der Waals surface area contributed by atoms with Crippen molar-refractivity contribution in [2.24, 2.45) is 0 Å². The molecule has 0 radical (unpaired) electrons. The number of aromatic nitrogens is 2. The van der Waals surface area contributed by atoms with Crippen molar-refractivity contribution in [3.05, 3.63) is 12.4 Å². The first-order chi connectivity index (χ1) is 8.69. The number of anilines is 1. The summed E-state index contributed by atoms with van der Waals surface area (Å²) in [5.41, 5.74) is 0. The van der Waals surface area contributed by atoms with Gasteiger partial charge in [-0.15, -0.1) is 0 Å². The summed E-state index contributed by atoms with van der Waals surface area (Å²) in [6.45, 7) is 3.99. The predicted octanol–water partition coefficient (Wildman–Crippen LogP) is 2.96. The number of hydrogen-bond donors (Lipinski definition) is 1. The Labute approximate surface area is 113 Å². The van der Waals surface area contributed by atoms with E-state index in [0.717, 1.165) is 5.82 Å². The molecule has 100 valence electrons. The minimum absolute atomic E-state index is 0.137. The normalized spacial score (nSPS) is 23.3. The molecule has 0 aliphatic heterocycles. The van der Waals surface area contributed by atoms with Gasteiger partial charge in [0, 0.05) is 17.4 Å². The van der Waals surface area contributed by atoms with Crippen LogP contribution in [0.1, 0.15) is 33.1 Å². The molecule has 18 heavy (non-hydrogen) atoms. The zero-order valence-corrected chi connectivity index (χ0v) is 12.0. The maximum atomic E-state index is 5.58. The van der Waals surface area contributed by atoms with Crippen LogP contribution in [0.3, 0.4) is 0 Å². The molecule has 0 spiro atoms. The third-order valence-corrected chi connectivity index (χ3v) is 4.26. The van der Waals surface area contributed by atoms with E-state index in [0.29, 0.717) is 17.2 Å². The maximum absolute atomic E-state index is 5.58. The second-order valence-electron chi connectivity index (χ2n) is 4.86. The largest absolute Gasteiger partial charge is 0.475 e. The molecule has 1 aromatic heterocycles. The molecule has 4 nitrogen and oxygen atoms in total. The average molecular weight is 267 g/mol. The van der Waals surface area contributed by atoms with Gasteiger partial charge in [-0.25, -0.2) is 9.97 Å². The number of thioether (sulfide) groups is 1. The zero-order chi connectivity index (χ0) is 13.0. The molecule has 5 heteroatoms. The monoisotopic (exact) mass is 267 g/mol. The van der Waals surface area contributed by atoms with E-state index in [-0.39, 0.29) is 6.10 Å². The van der Waals surface area contributed by atoms with E-state index >= 15 is 0 Å². The summed E-state index contributed by atoms with van der Waals surface area (Å²) in [5, 5.41) is 4.19. The Morgan fingerprint density at radius 2 is 2.22 bits per heavy atom. The Balaban J connectivity index is 2.00. The summed E-state index contributed by atoms with van der Waals surface area (Å²) in [6, 6.07) is 2.40. The summed E-state index contributed by atoms with van der Waals surface area (Å²) in [6.07, 6.45) is 7.68. The Hall–Kier alpha value is -0.970. The van der Waals surface area contributed by atoms with Gasteiger partial charge in [-0.2, -0.15) is 11.8 Å². The fourth-order valence-electron chi connectivity index (χ4n) is 2.29. The van der Waals surface area contributed by atoms with Crippen molar-refractivity contribution in [1.82, 2.24) is 9.97 Å². The highest BCUT2D eigenvalue weighted by molar-refractivity contribution is 7.99. The minimum atomic E-state index is 0.137. The lowest BCUT2D eigenvalue weighted by Gasteiger charge is -2.20. The van der Waals surface area contributed by atoms with Crippen molar-refractivity contribution < 1.29 is 4.74 Å². The molecular weight excluding hydrogens is 246 g/mol. The van der Waals surface area contributed by atoms with Crippen LogP contribution in [0.25, 0.3) is 0 Å². The zero-order valence-electron chi connectivity index (χ0n) is 11.2. The Bertz CT molecular complexity index is 386. The molecule has 2 unspecified atom stereocenters. The lowest BCUT2D eigenvalue weighted by Crippen LogP contribution is -2.26. The third kappa shape index (κ3) is 3.51. The van der Waals surface area contributed by atoms with Crippen molar-refractivity contribution in [2.45, 2.75) is 50.5 Å². The standard InChI is InChI=1S/C13H21N3OS/c1-9(2)17-13-7-12(14-8-15-13)16-10-5-4-6-11(10)18-3/h7-11H,4-6H2,1-3H3,(H,14,15,16). The van der Waals surface area contributed by atoms with Gasteiger partial charge in [-0.1, -0.05) is 6.42 Å². The highest BCUT2D eigenvalue weighted by atomic mass is 32.2. The first-order valence-electron chi connectivity index (χ1n) is 6.47. The lowest BCUT2D eigenvalue weighted by molar-refractivity contribution is 0.232. The molecule has 1 fully saturated rings. The maximum Gasteiger partial charge on any atom is 0.218 e. The molecule has 1 saturated carbocycles. The van der Waals surface area contributed by atoms with Crippen LogP contribution < -0.4 is 10.1 Å². The topological polar surface area (TPSA) is 47.0 Å². The van der Waals surface area contributed by atoms with Crippen LogP contribution in [0.2, 0.25) is 0 Å². The quantitative estimate of drug-likeness (QED) is 0.888. The van der Waals surface area contributed by atoms with Crippen molar-refractivity contribution in [2.75, 3.05) is 11.6 Å². The molecule has 2 atom stereocenters. The molecule has 0 aromatic carbocycles. The fourth-order valence-corrected chi connectivity index (χ4v) is 3.22. The van der Waals surface area contributed by atoms with Crippen molar-refractivity contribution in [3.63, 3.8) is 0 Å². The summed E-state index contributed by atoms with van der Waals surface area (Å²) in [5.74, 6) is 1.51. The van der Waals surface area contributed by atoms with Gasteiger partial charge >= 0.3 is 0 Å². The van der Waals surface area contributed by atoms with E-state index in [2.05, 4.69) is 21.5 Å². The Morgan fingerprint density at radius 3 is 2.94 bits per heavy atom. The molecule has 1 aliphatic rings. The first-order valence-corrected chi connectivity index (χ1v) is 7.76. The van der Waals surface area contributed by atoms with Crippen LogP contribution in [-0.2, 0) is 0 Å². The summed E-state index contributed by atoms with van der Waals surface area (Å²) in [4.78, 5) is 8.38. The predicted molar refractivity (Wildman–Crippen MR) is 76.4 cm³/mol. The SMILES string of the molecule is CSC1CCCC1Nc1cc(OC(C)C)ncn1. The average Bonchev–Trinajstić information content (AvgIpc) is 2.76. The van der Waals surface area contributed by atoms with Gasteiger partial charge in [0.05, 0.1) is 6.10 Å². The molecule has 1 heterocycles. The van der Waals surface area contributed by atoms with Gasteiger partial charge in [0.15, 0.2) is 0 Å². The highest BCUT2D eigenvalue weighted by Crippen LogP contribution is 2.30. The van der Waals surface area contributed by atoms with Crippen LogP contribution >= 0.6 is 11.8 Å². The Morgan fingerprint density at radius 1 is 1.39 bits per heavy atom. The summed E-state index contributed by atoms with van der Waals surface area (Å²) in [7, 11) is 0. The minimum Gasteiger partial charge on any atom is -0.475 e. The molecular formula is C13H21N3OS. The van der Waals surface area contributed by atoms with Gasteiger partial charge in [0.25, 0.3) is 0 Å². The van der Waals surface area contributed by atoms with Crippen LogP contribution in [0, 0.1) is 0 Å². The van der Waals surface area contributed by atoms with Crippen molar-refractivity contribution in [3.8, 4) is 5.88 Å². The van der Waals surface area contributed by atoms with Crippen LogP contribution in [0.4, 0.5) is 5.82 Å². The number of nitrogens with zero attached hydrogens (tertiary/aromatic N) is 2. The van der Waals surface area contributed by atoms with E-state index in [1.54, 1.807) is 6.33 Å². The number of nitrogens with one attached hydrogen (secondary N) is 1. The van der Waals surface area contributed by atoms with E-state index in [9.17, 15) is 0 Å². The van der Waals surface area contributed by atoms with Gasteiger partial charge in [0.1, 0.15) is 12.1 Å². The fraction of sp³-hybridized carbons (Fsp3) is 0.692. The lowest BCUT2D eigenvalue weighted by atomic mass is 10.2. The number of hydrogen-bond acceptors (Lipinski definition) is 5. The molecule has 1 aliphatic carbocycles. The van der Waals surface area contributed by atoms with Gasteiger partial charge in [-0.3, -0.25) is 0 Å². The number of rotatable bonds is 5. The molecule has 1 aromatic rings. The molecule has 1 N–H and O–H groups in total. The molecule has 0 amide bonds. The number of ether oxygens (including phenoxy) is 1. The molecule has 0 saturated heterocycles. The van der Waals surface area contributed by atoms with E-state index in [4.69, 9.17) is 4.74 Å². The van der Waals surface area contributed by atoms with Gasteiger partial charge < -0.3 is 10.1 Å². The van der Waals surface area contributed by atoms with Crippen LogP contribution in [0.5, 0.6) is 5.88 Å². The summed E-state index contributed by atoms with van der Waals surface area (Å²) >= 11 is 1.94. The van der Waals surface area contributed by atoms with E-state index in [1.165, 1.54) is 19.3 Å². The smallest absolute Gasteiger partial charge is 0.218 e. The molecule has 0 bridgehead atoms. The van der Waals surface area contributed by atoms with Crippen molar-refractivity contribution >= 4 is 17.6 Å². The van der Waals surface area contributed by atoms with E-state index < -0.39 is 0 Å². The highest BCUT2D eigenvalue weighted by Gasteiger charge is 2.26. The second kappa shape index (κ2) is 6.27. The Kier molecular flexibility index (Phi) is 4.69. The third-order valence-electron chi connectivity index (χ3n) is 3.09. The summed E-state index contributed by atoms with van der Waals surface area (Å²) < 4.78 is 5.58. The second-order valence-corrected chi connectivity index (χ2v) is 5.94. The van der Waals surface area contributed by atoms with Crippen molar-refractivity contribution in [1.29, 1.82) is 0 Å². The van der Waals surface area contributed by atoms with Gasteiger partial charge in [0.2, 0.25) is 5.88 Å². The first kappa shape index (κ1) is 13.5. The molecule has 2 rings (SSSR count). The van der Waals surface area contributed by atoms with E-state index in [1.807, 2.05) is 31.7 Å². The van der Waals surface area contributed by atoms with Crippen LogP contribution in [0.15, 0.2) is 12.4 Å². The van der Waals surface area contributed by atoms with Crippen LogP contribution in [-0.4, -0.2) is 33.6 Å².